The van der Waals surface area contributed by atoms with Crippen molar-refractivity contribution in [3.8, 4) is 5.75 Å². The molecule has 72 valence electrons. The third-order valence-corrected chi connectivity index (χ3v) is 3.16. The van der Waals surface area contributed by atoms with Gasteiger partial charge in [0.15, 0.2) is 5.78 Å². The fraction of sp³-hybridized carbons (Fsp3) is 0.455. The Morgan fingerprint density at radius 2 is 2.29 bits per heavy atom. The number of carbonyl (C=O) groups excluding carboxylic acids is 1. The molecule has 1 aromatic rings. The minimum Gasteiger partial charge on any atom is -0.484 e. The van der Waals surface area contributed by atoms with Gasteiger partial charge in [0.05, 0.1) is 18.2 Å². The van der Waals surface area contributed by atoms with Gasteiger partial charge in [-0.1, -0.05) is 0 Å². The van der Waals surface area contributed by atoms with E-state index < -0.39 is 0 Å². The lowest BCUT2D eigenvalue weighted by Crippen LogP contribution is -2.47. The zero-order chi connectivity index (χ0) is 9.60. The molecule has 0 aromatic carbocycles. The van der Waals surface area contributed by atoms with E-state index >= 15 is 0 Å². The van der Waals surface area contributed by atoms with Gasteiger partial charge in [0.1, 0.15) is 11.4 Å². The summed E-state index contributed by atoms with van der Waals surface area (Å²) < 4.78 is 5.84. The van der Waals surface area contributed by atoms with Crippen LogP contribution < -0.4 is 4.74 Å². The lowest BCUT2D eigenvalue weighted by molar-refractivity contribution is -0.0180. The number of carbonyl (C=O) groups is 1. The van der Waals surface area contributed by atoms with Crippen molar-refractivity contribution >= 4 is 5.78 Å². The van der Waals surface area contributed by atoms with Gasteiger partial charge in [0, 0.05) is 6.20 Å². The number of aromatic nitrogens is 1. The molecule has 1 saturated carbocycles. The molecule has 1 spiro atoms. The molecule has 2 aliphatic rings. The predicted molar refractivity (Wildman–Crippen MR) is 50.4 cm³/mol. The van der Waals surface area contributed by atoms with Crippen LogP contribution in [0.25, 0.3) is 0 Å². The second-order valence-electron chi connectivity index (χ2n) is 4.11. The van der Waals surface area contributed by atoms with Crippen LogP contribution in [0.5, 0.6) is 5.75 Å². The molecular formula is C11H11NO2. The van der Waals surface area contributed by atoms with Crippen molar-refractivity contribution in [3.05, 3.63) is 24.0 Å². The van der Waals surface area contributed by atoms with E-state index in [-0.39, 0.29) is 11.4 Å². The summed E-state index contributed by atoms with van der Waals surface area (Å²) in [5, 5.41) is 0. The Morgan fingerprint density at radius 3 is 3.00 bits per heavy atom. The maximum atomic E-state index is 11.8. The Kier molecular flexibility index (Phi) is 1.46. The number of ketones is 1. The first kappa shape index (κ1) is 7.97. The summed E-state index contributed by atoms with van der Waals surface area (Å²) in [7, 11) is 0. The van der Waals surface area contributed by atoms with Crippen molar-refractivity contribution in [2.75, 3.05) is 0 Å². The molecule has 0 atom stereocenters. The molecule has 2 heterocycles. The van der Waals surface area contributed by atoms with E-state index in [0.717, 1.165) is 12.8 Å². The number of rotatable bonds is 0. The first-order valence-corrected chi connectivity index (χ1v) is 4.95. The summed E-state index contributed by atoms with van der Waals surface area (Å²) in [5.41, 5.74) is 0.519. The lowest BCUT2D eigenvalue weighted by atomic mass is 9.74. The summed E-state index contributed by atoms with van der Waals surface area (Å²) in [6.07, 6.45) is 7.01. The molecule has 0 saturated heterocycles. The molecule has 1 fully saturated rings. The van der Waals surface area contributed by atoms with Crippen LogP contribution in [0.15, 0.2) is 18.5 Å². The topological polar surface area (TPSA) is 39.2 Å². The van der Waals surface area contributed by atoms with E-state index in [2.05, 4.69) is 4.98 Å². The van der Waals surface area contributed by atoms with Crippen molar-refractivity contribution in [2.45, 2.75) is 31.3 Å². The van der Waals surface area contributed by atoms with Crippen molar-refractivity contribution in [1.29, 1.82) is 0 Å². The highest BCUT2D eigenvalue weighted by Crippen LogP contribution is 2.44. The van der Waals surface area contributed by atoms with Crippen LogP contribution in [0.2, 0.25) is 0 Å². The second-order valence-corrected chi connectivity index (χ2v) is 4.11. The summed E-state index contributed by atoms with van der Waals surface area (Å²) in [4.78, 5) is 15.8. The summed E-state index contributed by atoms with van der Waals surface area (Å²) >= 11 is 0. The van der Waals surface area contributed by atoms with Crippen molar-refractivity contribution in [1.82, 2.24) is 4.98 Å². The lowest BCUT2D eigenvalue weighted by Gasteiger charge is -2.44. The first-order chi connectivity index (χ1) is 6.79. The highest BCUT2D eigenvalue weighted by atomic mass is 16.5. The largest absolute Gasteiger partial charge is 0.484 e. The van der Waals surface area contributed by atoms with Gasteiger partial charge in [0.2, 0.25) is 0 Å². The van der Waals surface area contributed by atoms with Gasteiger partial charge in [-0.25, -0.2) is 0 Å². The molecule has 1 aliphatic carbocycles. The SMILES string of the molecule is O=C1CC2(CCC2)Oc2cnccc21. The maximum Gasteiger partial charge on any atom is 0.170 e. The summed E-state index contributed by atoms with van der Waals surface area (Å²) in [6, 6.07) is 1.74. The van der Waals surface area contributed by atoms with E-state index in [0.29, 0.717) is 17.7 Å². The molecule has 0 bridgehead atoms. The number of hydrogen-bond acceptors (Lipinski definition) is 3. The Morgan fingerprint density at radius 1 is 1.43 bits per heavy atom. The second kappa shape index (κ2) is 2.56. The molecule has 0 unspecified atom stereocenters. The molecule has 3 rings (SSSR count). The van der Waals surface area contributed by atoms with E-state index in [1.165, 1.54) is 6.42 Å². The van der Waals surface area contributed by atoms with E-state index in [1.54, 1.807) is 18.5 Å². The van der Waals surface area contributed by atoms with Crippen molar-refractivity contribution in [2.24, 2.45) is 0 Å². The minimum absolute atomic E-state index is 0.173. The Bertz CT molecular complexity index is 396. The van der Waals surface area contributed by atoms with Crippen LogP contribution >= 0.6 is 0 Å². The molecule has 0 radical (unpaired) electrons. The maximum absolute atomic E-state index is 11.8. The fourth-order valence-corrected chi connectivity index (χ4v) is 2.20. The van der Waals surface area contributed by atoms with E-state index in [1.807, 2.05) is 0 Å². The average molecular weight is 189 g/mol. The average Bonchev–Trinajstić information content (AvgIpc) is 2.15. The van der Waals surface area contributed by atoms with Gasteiger partial charge in [-0.05, 0) is 25.3 Å². The van der Waals surface area contributed by atoms with Crippen LogP contribution in [0.4, 0.5) is 0 Å². The van der Waals surface area contributed by atoms with Crippen molar-refractivity contribution < 1.29 is 9.53 Å². The van der Waals surface area contributed by atoms with E-state index in [4.69, 9.17) is 4.74 Å². The Hall–Kier alpha value is -1.38. The number of ether oxygens (including phenoxy) is 1. The van der Waals surface area contributed by atoms with Crippen LogP contribution in [0.3, 0.4) is 0 Å². The summed E-state index contributed by atoms with van der Waals surface area (Å²) in [6.45, 7) is 0. The van der Waals surface area contributed by atoms with Gasteiger partial charge in [-0.15, -0.1) is 0 Å². The Balaban J connectivity index is 2.04. The van der Waals surface area contributed by atoms with Gasteiger partial charge >= 0.3 is 0 Å². The zero-order valence-electron chi connectivity index (χ0n) is 7.82. The molecule has 1 aliphatic heterocycles. The van der Waals surface area contributed by atoms with Gasteiger partial charge in [0.25, 0.3) is 0 Å². The third kappa shape index (κ3) is 0.983. The molecule has 0 amide bonds. The zero-order valence-corrected chi connectivity index (χ0v) is 7.82. The quantitative estimate of drug-likeness (QED) is 0.626. The minimum atomic E-state index is -0.173. The number of pyridine rings is 1. The monoisotopic (exact) mass is 189 g/mol. The van der Waals surface area contributed by atoms with Crippen LogP contribution in [0.1, 0.15) is 36.0 Å². The number of hydrogen-bond donors (Lipinski definition) is 0. The molecule has 3 nitrogen and oxygen atoms in total. The smallest absolute Gasteiger partial charge is 0.170 e. The molecule has 1 aromatic heterocycles. The molecule has 3 heteroatoms. The highest BCUT2D eigenvalue weighted by Gasteiger charge is 2.45. The van der Waals surface area contributed by atoms with Crippen LogP contribution in [0, 0.1) is 0 Å². The molecule has 0 N–H and O–H groups in total. The first-order valence-electron chi connectivity index (χ1n) is 4.95. The van der Waals surface area contributed by atoms with Crippen LogP contribution in [-0.2, 0) is 0 Å². The van der Waals surface area contributed by atoms with Gasteiger partial charge in [-0.2, -0.15) is 0 Å². The Labute approximate surface area is 82.1 Å². The number of Topliss-reactive ketones (excluding diaryl/α,β-unsaturated/α-hetero) is 1. The highest BCUT2D eigenvalue weighted by molar-refractivity contribution is 6.00. The standard InChI is InChI=1S/C11H11NO2/c13-9-6-11(3-1-4-11)14-10-7-12-5-2-8(9)10/h2,5,7H,1,3-4,6H2. The van der Waals surface area contributed by atoms with Gasteiger partial charge in [-0.3, -0.25) is 9.78 Å². The fourth-order valence-electron chi connectivity index (χ4n) is 2.20. The third-order valence-electron chi connectivity index (χ3n) is 3.16. The molecular weight excluding hydrogens is 178 g/mol. The number of fused-ring (bicyclic) bond motifs is 1. The van der Waals surface area contributed by atoms with E-state index in [9.17, 15) is 4.79 Å². The normalized spacial score (nSPS) is 22.4. The van der Waals surface area contributed by atoms with Crippen LogP contribution in [-0.4, -0.2) is 16.4 Å². The molecule has 14 heavy (non-hydrogen) atoms. The van der Waals surface area contributed by atoms with Gasteiger partial charge < -0.3 is 4.74 Å². The predicted octanol–water partition coefficient (Wildman–Crippen LogP) is 1.97. The summed E-state index contributed by atoms with van der Waals surface area (Å²) in [5.74, 6) is 0.872. The van der Waals surface area contributed by atoms with Crippen molar-refractivity contribution in [3.63, 3.8) is 0 Å². The number of nitrogens with zero attached hydrogens (tertiary/aromatic N) is 1.